The summed E-state index contributed by atoms with van der Waals surface area (Å²) in [5, 5.41) is 15.2. The van der Waals surface area contributed by atoms with Gasteiger partial charge in [-0.15, -0.1) is 0 Å². The fraction of sp³-hybridized carbons (Fsp3) is 0.364. The fourth-order valence-electron chi connectivity index (χ4n) is 1.33. The first-order valence-corrected chi connectivity index (χ1v) is 5.59. The summed E-state index contributed by atoms with van der Waals surface area (Å²) >= 11 is 0. The molecule has 0 spiro atoms. The third-order valence-electron chi connectivity index (χ3n) is 2.24. The second kappa shape index (κ2) is 6.62. The number of nitro groups is 1. The number of benzene rings is 1. The topological polar surface area (TPSA) is 84.3 Å². The van der Waals surface area contributed by atoms with Crippen LogP contribution in [0, 0.1) is 21.7 Å². The zero-order valence-electron chi connectivity index (χ0n) is 10.2. The highest BCUT2D eigenvalue weighted by molar-refractivity contribution is 5.80. The molecule has 0 bridgehead atoms. The zero-order valence-corrected chi connectivity index (χ0v) is 10.2. The number of non-ortho nitro benzene ring substituents is 1. The van der Waals surface area contributed by atoms with E-state index in [0.717, 1.165) is 6.42 Å². The summed E-state index contributed by atoms with van der Waals surface area (Å²) in [7, 11) is 0. The Kier molecular flexibility index (Phi) is 5.16. The van der Waals surface area contributed by atoms with Crippen molar-refractivity contribution in [1.29, 1.82) is 0 Å². The molecule has 0 aliphatic rings. The molecular formula is C11H13F2N3O3. The van der Waals surface area contributed by atoms with E-state index in [1.807, 2.05) is 6.92 Å². The predicted molar refractivity (Wildman–Crippen MR) is 64.8 cm³/mol. The van der Waals surface area contributed by atoms with E-state index in [0.29, 0.717) is 18.7 Å². The molecule has 1 aromatic rings. The van der Waals surface area contributed by atoms with Crippen molar-refractivity contribution in [3.8, 4) is 0 Å². The number of carbonyl (C=O) groups is 1. The van der Waals surface area contributed by atoms with Gasteiger partial charge in [-0.05, 0) is 6.42 Å². The molecule has 0 saturated heterocycles. The van der Waals surface area contributed by atoms with Gasteiger partial charge in [-0.2, -0.15) is 0 Å². The Labute approximate surface area is 108 Å². The predicted octanol–water partition coefficient (Wildman–Crippen LogP) is 1.81. The summed E-state index contributed by atoms with van der Waals surface area (Å²) in [6.45, 7) is 2.01. The Morgan fingerprint density at radius 3 is 2.42 bits per heavy atom. The van der Waals surface area contributed by atoms with Gasteiger partial charge >= 0.3 is 0 Å². The highest BCUT2D eigenvalue weighted by Gasteiger charge is 2.17. The molecule has 1 aromatic carbocycles. The Hall–Kier alpha value is -2.25. The lowest BCUT2D eigenvalue weighted by atomic mass is 10.2. The van der Waals surface area contributed by atoms with Gasteiger partial charge in [0.1, 0.15) is 5.69 Å². The van der Waals surface area contributed by atoms with Crippen LogP contribution in [0.4, 0.5) is 20.2 Å². The van der Waals surface area contributed by atoms with Gasteiger partial charge in [-0.1, -0.05) is 6.92 Å². The normalized spacial score (nSPS) is 10.1. The van der Waals surface area contributed by atoms with Gasteiger partial charge in [-0.3, -0.25) is 14.9 Å². The van der Waals surface area contributed by atoms with Crippen LogP contribution in [0.5, 0.6) is 0 Å². The van der Waals surface area contributed by atoms with E-state index in [1.165, 1.54) is 0 Å². The van der Waals surface area contributed by atoms with Crippen molar-refractivity contribution in [2.24, 2.45) is 0 Å². The Balaban J connectivity index is 2.74. The van der Waals surface area contributed by atoms with Crippen LogP contribution in [-0.4, -0.2) is 23.9 Å². The van der Waals surface area contributed by atoms with Crippen molar-refractivity contribution in [3.05, 3.63) is 33.9 Å². The van der Waals surface area contributed by atoms with Crippen LogP contribution < -0.4 is 10.6 Å². The van der Waals surface area contributed by atoms with Gasteiger partial charge in [0.25, 0.3) is 5.69 Å². The lowest BCUT2D eigenvalue weighted by molar-refractivity contribution is -0.385. The number of amides is 1. The first-order chi connectivity index (χ1) is 8.95. The third-order valence-corrected chi connectivity index (χ3v) is 2.24. The Morgan fingerprint density at radius 2 is 1.95 bits per heavy atom. The molecule has 19 heavy (non-hydrogen) atoms. The van der Waals surface area contributed by atoms with Gasteiger partial charge < -0.3 is 10.6 Å². The first-order valence-electron chi connectivity index (χ1n) is 5.59. The van der Waals surface area contributed by atoms with E-state index in [9.17, 15) is 23.7 Å². The van der Waals surface area contributed by atoms with Crippen molar-refractivity contribution >= 4 is 17.3 Å². The number of rotatable bonds is 6. The highest BCUT2D eigenvalue weighted by Crippen LogP contribution is 2.24. The summed E-state index contributed by atoms with van der Waals surface area (Å²) < 4.78 is 26.9. The molecule has 0 saturated carbocycles. The van der Waals surface area contributed by atoms with Crippen LogP contribution in [0.1, 0.15) is 13.3 Å². The molecule has 0 aliphatic carbocycles. The van der Waals surface area contributed by atoms with Crippen LogP contribution in [0.2, 0.25) is 0 Å². The molecule has 2 N–H and O–H groups in total. The number of carbonyl (C=O) groups excluding carboxylic acids is 1. The number of nitrogens with zero attached hydrogens (tertiary/aromatic N) is 1. The summed E-state index contributed by atoms with van der Waals surface area (Å²) in [5.41, 5.74) is -1.24. The van der Waals surface area contributed by atoms with Gasteiger partial charge in [-0.25, -0.2) is 8.78 Å². The van der Waals surface area contributed by atoms with E-state index in [-0.39, 0.29) is 6.54 Å². The molecule has 1 amide bonds. The third kappa shape index (κ3) is 4.16. The van der Waals surface area contributed by atoms with Crippen molar-refractivity contribution in [1.82, 2.24) is 5.32 Å². The van der Waals surface area contributed by atoms with Crippen molar-refractivity contribution < 1.29 is 18.5 Å². The van der Waals surface area contributed by atoms with E-state index in [1.54, 1.807) is 0 Å². The van der Waals surface area contributed by atoms with Crippen LogP contribution in [-0.2, 0) is 4.79 Å². The number of hydrogen-bond donors (Lipinski definition) is 2. The summed E-state index contributed by atoms with van der Waals surface area (Å²) in [5.74, 6) is -2.65. The number of nitrogens with one attached hydrogen (secondary N) is 2. The minimum atomic E-state index is -1.12. The maximum absolute atomic E-state index is 13.4. The lowest BCUT2D eigenvalue weighted by Crippen LogP contribution is -2.30. The van der Waals surface area contributed by atoms with Crippen LogP contribution in [0.15, 0.2) is 12.1 Å². The minimum Gasteiger partial charge on any atom is -0.371 e. The van der Waals surface area contributed by atoms with Crippen molar-refractivity contribution in [2.45, 2.75) is 13.3 Å². The standard InChI is InChI=1S/C11H13F2N3O3/c1-2-3-14-10(17)6-15-11-8(12)4-7(16(18)19)5-9(11)13/h4-5,15H,2-3,6H2,1H3,(H,14,17). The second-order valence-corrected chi connectivity index (χ2v) is 3.75. The molecule has 104 valence electrons. The molecule has 0 radical (unpaired) electrons. The van der Waals surface area contributed by atoms with Gasteiger partial charge in [0.05, 0.1) is 23.6 Å². The number of hydrogen-bond acceptors (Lipinski definition) is 4. The monoisotopic (exact) mass is 273 g/mol. The number of nitro benzene ring substituents is 1. The lowest BCUT2D eigenvalue weighted by Gasteiger charge is -2.08. The Bertz CT molecular complexity index is 471. The van der Waals surface area contributed by atoms with Gasteiger partial charge in [0.2, 0.25) is 5.91 Å². The van der Waals surface area contributed by atoms with Crippen LogP contribution in [0.3, 0.4) is 0 Å². The minimum absolute atomic E-state index is 0.314. The van der Waals surface area contributed by atoms with Gasteiger partial charge in [0, 0.05) is 6.54 Å². The van der Waals surface area contributed by atoms with Crippen molar-refractivity contribution in [3.63, 3.8) is 0 Å². The second-order valence-electron chi connectivity index (χ2n) is 3.75. The molecule has 0 atom stereocenters. The quantitative estimate of drug-likeness (QED) is 0.611. The van der Waals surface area contributed by atoms with E-state index in [2.05, 4.69) is 10.6 Å². The maximum Gasteiger partial charge on any atom is 0.275 e. The number of anilines is 1. The van der Waals surface area contributed by atoms with E-state index < -0.39 is 33.8 Å². The molecule has 1 rings (SSSR count). The molecular weight excluding hydrogens is 260 g/mol. The Morgan fingerprint density at radius 1 is 1.37 bits per heavy atom. The average Bonchev–Trinajstić information content (AvgIpc) is 2.34. The maximum atomic E-state index is 13.4. The SMILES string of the molecule is CCCNC(=O)CNc1c(F)cc([N+](=O)[O-])cc1F. The van der Waals surface area contributed by atoms with E-state index in [4.69, 9.17) is 0 Å². The largest absolute Gasteiger partial charge is 0.371 e. The van der Waals surface area contributed by atoms with Gasteiger partial charge in [0.15, 0.2) is 11.6 Å². The smallest absolute Gasteiger partial charge is 0.275 e. The zero-order chi connectivity index (χ0) is 14.4. The average molecular weight is 273 g/mol. The van der Waals surface area contributed by atoms with E-state index >= 15 is 0 Å². The molecule has 0 aromatic heterocycles. The first kappa shape index (κ1) is 14.8. The highest BCUT2D eigenvalue weighted by atomic mass is 19.1. The number of halogens is 2. The summed E-state index contributed by atoms with van der Waals surface area (Å²) in [6, 6.07) is 1.19. The fourth-order valence-corrected chi connectivity index (χ4v) is 1.33. The van der Waals surface area contributed by atoms with Crippen LogP contribution >= 0.6 is 0 Å². The summed E-state index contributed by atoms with van der Waals surface area (Å²) in [6.07, 6.45) is 0.742. The molecule has 0 aliphatic heterocycles. The molecule has 8 heteroatoms. The molecule has 6 nitrogen and oxygen atoms in total. The molecule has 0 heterocycles. The molecule has 0 unspecified atom stereocenters. The summed E-state index contributed by atoms with van der Waals surface area (Å²) in [4.78, 5) is 20.7. The van der Waals surface area contributed by atoms with Crippen molar-refractivity contribution in [2.75, 3.05) is 18.4 Å². The van der Waals surface area contributed by atoms with Crippen LogP contribution in [0.25, 0.3) is 0 Å². The molecule has 0 fully saturated rings.